The number of halogens is 1. The molecule has 0 N–H and O–H groups in total. The van der Waals surface area contributed by atoms with Gasteiger partial charge in [0.1, 0.15) is 4.60 Å². The molecule has 0 atom stereocenters. The summed E-state index contributed by atoms with van der Waals surface area (Å²) in [6, 6.07) is 2.22. The number of hydrogen-bond donors (Lipinski definition) is 0. The zero-order valence-electron chi connectivity index (χ0n) is 7.26. The number of fused-ring (bicyclic) bond motifs is 1. The van der Waals surface area contributed by atoms with Crippen molar-refractivity contribution in [2.24, 2.45) is 0 Å². The van der Waals surface area contributed by atoms with Crippen LogP contribution in [-0.2, 0) is 13.1 Å². The molecule has 3 heteroatoms. The summed E-state index contributed by atoms with van der Waals surface area (Å²) in [5.74, 6) is 0. The van der Waals surface area contributed by atoms with E-state index in [9.17, 15) is 0 Å². The van der Waals surface area contributed by atoms with E-state index in [4.69, 9.17) is 0 Å². The normalized spacial score (nSPS) is 16.6. The Morgan fingerprint density at radius 2 is 2.25 bits per heavy atom. The molecule has 0 saturated carbocycles. The van der Waals surface area contributed by atoms with Gasteiger partial charge in [0.25, 0.3) is 0 Å². The first kappa shape index (κ1) is 8.20. The van der Waals surface area contributed by atoms with Crippen LogP contribution < -0.4 is 0 Å². The predicted octanol–water partition coefficient (Wildman–Crippen LogP) is 2.10. The largest absolute Gasteiger partial charge is 0.296 e. The molecule has 2 heterocycles. The fourth-order valence-corrected chi connectivity index (χ4v) is 1.89. The number of rotatable bonds is 0. The Kier molecular flexibility index (Phi) is 1.93. The molecular formula is C9H11BrN2. The van der Waals surface area contributed by atoms with Crippen LogP contribution in [0, 0.1) is 6.92 Å². The summed E-state index contributed by atoms with van der Waals surface area (Å²) in [5, 5.41) is 0. The summed E-state index contributed by atoms with van der Waals surface area (Å²) in [5.41, 5.74) is 3.82. The van der Waals surface area contributed by atoms with Gasteiger partial charge in [-0.25, -0.2) is 4.98 Å². The van der Waals surface area contributed by atoms with E-state index < -0.39 is 0 Å². The molecule has 0 fully saturated rings. The Morgan fingerprint density at radius 1 is 1.50 bits per heavy atom. The number of aromatic nitrogens is 1. The van der Waals surface area contributed by atoms with Crippen molar-refractivity contribution in [1.29, 1.82) is 0 Å². The lowest BCUT2D eigenvalue weighted by atomic mass is 10.2. The first-order valence-electron chi connectivity index (χ1n) is 4.00. The van der Waals surface area contributed by atoms with Crippen LogP contribution >= 0.6 is 15.9 Å². The fourth-order valence-electron chi connectivity index (χ4n) is 1.56. The quantitative estimate of drug-likeness (QED) is 0.631. The van der Waals surface area contributed by atoms with Crippen molar-refractivity contribution in [2.75, 3.05) is 7.05 Å². The van der Waals surface area contributed by atoms with Gasteiger partial charge in [-0.05, 0) is 41.0 Å². The SMILES string of the molecule is Cc1cc2c(nc1Br)CN(C)C2. The lowest BCUT2D eigenvalue weighted by molar-refractivity contribution is 0.351. The van der Waals surface area contributed by atoms with Crippen LogP contribution in [0.2, 0.25) is 0 Å². The molecular weight excluding hydrogens is 216 g/mol. The molecule has 1 aliphatic rings. The zero-order valence-corrected chi connectivity index (χ0v) is 8.85. The van der Waals surface area contributed by atoms with Crippen molar-refractivity contribution in [3.05, 3.63) is 27.5 Å². The Morgan fingerprint density at radius 3 is 3.00 bits per heavy atom. The van der Waals surface area contributed by atoms with Crippen molar-refractivity contribution in [2.45, 2.75) is 20.0 Å². The number of pyridine rings is 1. The van der Waals surface area contributed by atoms with Crippen LogP contribution in [0.25, 0.3) is 0 Å². The topological polar surface area (TPSA) is 16.1 Å². The summed E-state index contributed by atoms with van der Waals surface area (Å²) in [4.78, 5) is 6.75. The van der Waals surface area contributed by atoms with E-state index in [1.807, 2.05) is 0 Å². The van der Waals surface area contributed by atoms with E-state index in [1.54, 1.807) is 0 Å². The van der Waals surface area contributed by atoms with Gasteiger partial charge in [0.15, 0.2) is 0 Å². The Balaban J connectivity index is 2.48. The van der Waals surface area contributed by atoms with Gasteiger partial charge in [-0.2, -0.15) is 0 Å². The van der Waals surface area contributed by atoms with Crippen LogP contribution in [-0.4, -0.2) is 16.9 Å². The minimum atomic E-state index is 0.980. The highest BCUT2D eigenvalue weighted by molar-refractivity contribution is 9.10. The summed E-state index contributed by atoms with van der Waals surface area (Å²) in [7, 11) is 2.12. The van der Waals surface area contributed by atoms with Gasteiger partial charge in [-0.15, -0.1) is 0 Å². The highest BCUT2D eigenvalue weighted by Crippen LogP contribution is 2.24. The summed E-state index contributed by atoms with van der Waals surface area (Å²) >= 11 is 3.44. The summed E-state index contributed by atoms with van der Waals surface area (Å²) in [6.07, 6.45) is 0. The van der Waals surface area contributed by atoms with Crippen LogP contribution in [0.1, 0.15) is 16.8 Å². The van der Waals surface area contributed by atoms with Crippen molar-refractivity contribution >= 4 is 15.9 Å². The molecule has 0 aromatic carbocycles. The van der Waals surface area contributed by atoms with Crippen molar-refractivity contribution < 1.29 is 0 Å². The molecule has 1 aliphatic heterocycles. The third-order valence-electron chi connectivity index (χ3n) is 2.18. The van der Waals surface area contributed by atoms with Gasteiger partial charge >= 0.3 is 0 Å². The molecule has 0 saturated heterocycles. The molecule has 0 aliphatic carbocycles. The minimum absolute atomic E-state index is 0.980. The minimum Gasteiger partial charge on any atom is -0.296 e. The Bertz CT molecular complexity index is 292. The Labute approximate surface area is 80.7 Å². The third-order valence-corrected chi connectivity index (χ3v) is 2.98. The van der Waals surface area contributed by atoms with Crippen molar-refractivity contribution in [3.8, 4) is 0 Å². The molecule has 0 amide bonds. The first-order chi connectivity index (χ1) is 5.66. The van der Waals surface area contributed by atoms with Crippen LogP contribution in [0.4, 0.5) is 0 Å². The third kappa shape index (κ3) is 1.27. The van der Waals surface area contributed by atoms with Gasteiger partial charge < -0.3 is 0 Å². The number of aryl methyl sites for hydroxylation is 1. The second-order valence-corrected chi connectivity index (χ2v) is 4.13. The second kappa shape index (κ2) is 2.82. The molecule has 12 heavy (non-hydrogen) atoms. The molecule has 0 spiro atoms. The maximum Gasteiger partial charge on any atom is 0.109 e. The monoisotopic (exact) mass is 226 g/mol. The fraction of sp³-hybridized carbons (Fsp3) is 0.444. The van der Waals surface area contributed by atoms with Gasteiger partial charge in [0.05, 0.1) is 5.69 Å². The number of nitrogens with zero attached hydrogens (tertiary/aromatic N) is 2. The highest BCUT2D eigenvalue weighted by atomic mass is 79.9. The average molecular weight is 227 g/mol. The van der Waals surface area contributed by atoms with Crippen molar-refractivity contribution in [1.82, 2.24) is 9.88 Å². The van der Waals surface area contributed by atoms with Crippen molar-refractivity contribution in [3.63, 3.8) is 0 Å². The van der Waals surface area contributed by atoms with E-state index >= 15 is 0 Å². The summed E-state index contributed by atoms with van der Waals surface area (Å²) < 4.78 is 0.983. The average Bonchev–Trinajstić information content (AvgIpc) is 2.30. The van der Waals surface area contributed by atoms with Gasteiger partial charge in [0, 0.05) is 13.1 Å². The smallest absolute Gasteiger partial charge is 0.109 e. The van der Waals surface area contributed by atoms with Crippen LogP contribution in [0.15, 0.2) is 10.7 Å². The maximum atomic E-state index is 4.48. The van der Waals surface area contributed by atoms with E-state index in [-0.39, 0.29) is 0 Å². The van der Waals surface area contributed by atoms with Gasteiger partial charge in [0.2, 0.25) is 0 Å². The summed E-state index contributed by atoms with van der Waals surface area (Å²) in [6.45, 7) is 4.10. The second-order valence-electron chi connectivity index (χ2n) is 3.37. The van der Waals surface area contributed by atoms with E-state index in [0.717, 1.165) is 17.7 Å². The Hall–Kier alpha value is -0.410. The van der Waals surface area contributed by atoms with Crippen LogP contribution in [0.3, 0.4) is 0 Å². The van der Waals surface area contributed by atoms with Crippen LogP contribution in [0.5, 0.6) is 0 Å². The lowest BCUT2D eigenvalue weighted by Gasteiger charge is -2.02. The molecule has 0 unspecified atom stereocenters. The predicted molar refractivity (Wildman–Crippen MR) is 51.8 cm³/mol. The number of hydrogen-bond acceptors (Lipinski definition) is 2. The zero-order chi connectivity index (χ0) is 8.72. The first-order valence-corrected chi connectivity index (χ1v) is 4.79. The highest BCUT2D eigenvalue weighted by Gasteiger charge is 2.17. The maximum absolute atomic E-state index is 4.48. The standard InChI is InChI=1S/C9H11BrN2/c1-6-3-7-4-12(2)5-8(7)11-9(6)10/h3H,4-5H2,1-2H3. The van der Waals surface area contributed by atoms with Gasteiger partial charge in [-0.1, -0.05) is 6.07 Å². The van der Waals surface area contributed by atoms with E-state index in [0.29, 0.717) is 0 Å². The molecule has 2 nitrogen and oxygen atoms in total. The molecule has 1 aromatic rings. The lowest BCUT2D eigenvalue weighted by Crippen LogP contribution is -2.07. The molecule has 0 bridgehead atoms. The molecule has 2 rings (SSSR count). The van der Waals surface area contributed by atoms with E-state index in [2.05, 4.69) is 45.9 Å². The molecule has 1 aromatic heterocycles. The van der Waals surface area contributed by atoms with Gasteiger partial charge in [-0.3, -0.25) is 4.90 Å². The van der Waals surface area contributed by atoms with E-state index in [1.165, 1.54) is 16.8 Å². The molecule has 0 radical (unpaired) electrons. The molecule has 64 valence electrons.